The molecule has 2 aromatic rings. The number of benzene rings is 1. The molecule has 3 rings (SSSR count). The summed E-state index contributed by atoms with van der Waals surface area (Å²) in [5.74, 6) is 0.122. The van der Waals surface area contributed by atoms with Crippen LogP contribution in [-0.2, 0) is 4.79 Å². The van der Waals surface area contributed by atoms with Gasteiger partial charge in [-0.1, -0.05) is 13.0 Å². The molecule has 2 heterocycles. The van der Waals surface area contributed by atoms with Crippen molar-refractivity contribution in [3.05, 3.63) is 54.6 Å². The average molecular weight is 325 g/mol. The van der Waals surface area contributed by atoms with Crippen molar-refractivity contribution < 1.29 is 4.79 Å². The molecule has 1 aromatic heterocycles. The predicted octanol–water partition coefficient (Wildman–Crippen LogP) is 2.39. The van der Waals surface area contributed by atoms with E-state index < -0.39 is 0 Å². The van der Waals surface area contributed by atoms with Gasteiger partial charge in [0.05, 0.1) is 12.4 Å². The summed E-state index contributed by atoms with van der Waals surface area (Å²) in [6, 6.07) is 10.2. The van der Waals surface area contributed by atoms with Crippen LogP contribution in [-0.4, -0.2) is 28.9 Å². The van der Waals surface area contributed by atoms with E-state index in [-0.39, 0.29) is 5.91 Å². The molecule has 0 radical (unpaired) electrons. The number of anilines is 1. The lowest BCUT2D eigenvalue weighted by atomic mass is 10.2. The Morgan fingerprint density at radius 3 is 3.00 bits per heavy atom. The molecule has 2 N–H and O–H groups in total. The van der Waals surface area contributed by atoms with Crippen molar-refractivity contribution in [1.82, 2.24) is 20.4 Å². The van der Waals surface area contributed by atoms with Gasteiger partial charge in [-0.25, -0.2) is 4.68 Å². The zero-order chi connectivity index (χ0) is 16.8. The van der Waals surface area contributed by atoms with Crippen LogP contribution in [0.4, 0.5) is 5.69 Å². The third kappa shape index (κ3) is 3.76. The minimum Gasteiger partial charge on any atom is -0.372 e. The number of rotatable bonds is 7. The van der Waals surface area contributed by atoms with Crippen molar-refractivity contribution in [2.75, 3.05) is 18.1 Å². The zero-order valence-corrected chi connectivity index (χ0v) is 13.9. The van der Waals surface area contributed by atoms with Gasteiger partial charge in [-0.05, 0) is 30.7 Å². The molecule has 6 heteroatoms. The SMILES string of the molecule is CCCC(=O)NCCC1=CNCN1c1cccc(-n2cccn2)c1. The third-order valence-corrected chi connectivity index (χ3v) is 3.96. The molecule has 0 bridgehead atoms. The molecule has 1 aliphatic rings. The summed E-state index contributed by atoms with van der Waals surface area (Å²) in [6.07, 6.45) is 7.99. The van der Waals surface area contributed by atoms with Crippen molar-refractivity contribution in [1.29, 1.82) is 0 Å². The summed E-state index contributed by atoms with van der Waals surface area (Å²) in [5, 5.41) is 10.5. The fourth-order valence-electron chi connectivity index (χ4n) is 2.77. The Kier molecular flexibility index (Phi) is 5.15. The van der Waals surface area contributed by atoms with Crippen molar-refractivity contribution in [3.63, 3.8) is 0 Å². The zero-order valence-electron chi connectivity index (χ0n) is 13.9. The van der Waals surface area contributed by atoms with Crippen molar-refractivity contribution in [2.24, 2.45) is 0 Å². The highest BCUT2D eigenvalue weighted by atomic mass is 16.1. The largest absolute Gasteiger partial charge is 0.372 e. The van der Waals surface area contributed by atoms with Crippen LogP contribution in [0.25, 0.3) is 5.69 Å². The normalized spacial score (nSPS) is 13.5. The van der Waals surface area contributed by atoms with E-state index in [1.807, 2.05) is 42.2 Å². The standard InChI is InChI=1S/C18H23N5O/c1-2-5-18(24)20-10-8-17-13-19-14-22(17)15-6-3-7-16(12-15)23-11-4-9-21-23/h3-4,6-7,9,11-13,19H,2,5,8,10,14H2,1H3,(H,20,24). The molecular formula is C18H23N5O. The molecular weight excluding hydrogens is 302 g/mol. The van der Waals surface area contributed by atoms with Gasteiger partial charge < -0.3 is 15.5 Å². The van der Waals surface area contributed by atoms with Crippen LogP contribution >= 0.6 is 0 Å². The van der Waals surface area contributed by atoms with Crippen molar-refractivity contribution in [3.8, 4) is 5.69 Å². The first kappa shape index (κ1) is 16.1. The highest BCUT2D eigenvalue weighted by Crippen LogP contribution is 2.24. The number of nitrogens with one attached hydrogen (secondary N) is 2. The van der Waals surface area contributed by atoms with Gasteiger partial charge in [0.15, 0.2) is 0 Å². The van der Waals surface area contributed by atoms with E-state index in [2.05, 4.69) is 32.8 Å². The Hall–Kier alpha value is -2.76. The summed E-state index contributed by atoms with van der Waals surface area (Å²) in [6.45, 7) is 3.40. The first-order valence-corrected chi connectivity index (χ1v) is 8.34. The minimum absolute atomic E-state index is 0.122. The molecule has 0 saturated heterocycles. The predicted molar refractivity (Wildman–Crippen MR) is 94.7 cm³/mol. The maximum atomic E-state index is 11.6. The maximum absolute atomic E-state index is 11.6. The van der Waals surface area contributed by atoms with E-state index in [9.17, 15) is 4.79 Å². The number of carbonyl (C=O) groups is 1. The second-order valence-corrected chi connectivity index (χ2v) is 5.75. The van der Waals surface area contributed by atoms with Gasteiger partial charge in [-0.2, -0.15) is 5.10 Å². The Morgan fingerprint density at radius 2 is 2.21 bits per heavy atom. The van der Waals surface area contributed by atoms with Crippen LogP contribution in [0.3, 0.4) is 0 Å². The van der Waals surface area contributed by atoms with Gasteiger partial charge in [0.1, 0.15) is 0 Å². The molecule has 0 fully saturated rings. The molecule has 1 aliphatic heterocycles. The molecule has 0 atom stereocenters. The van der Waals surface area contributed by atoms with Crippen LogP contribution in [0.5, 0.6) is 0 Å². The summed E-state index contributed by atoms with van der Waals surface area (Å²) in [7, 11) is 0. The van der Waals surface area contributed by atoms with Crippen LogP contribution in [0.2, 0.25) is 0 Å². The van der Waals surface area contributed by atoms with Crippen LogP contribution < -0.4 is 15.5 Å². The van der Waals surface area contributed by atoms with Crippen LogP contribution in [0, 0.1) is 0 Å². The van der Waals surface area contributed by atoms with E-state index in [1.165, 1.54) is 5.70 Å². The molecule has 0 unspecified atom stereocenters. The van der Waals surface area contributed by atoms with E-state index in [0.717, 1.165) is 30.9 Å². The number of nitrogens with zero attached hydrogens (tertiary/aromatic N) is 3. The molecule has 6 nitrogen and oxygen atoms in total. The lowest BCUT2D eigenvalue weighted by molar-refractivity contribution is -0.121. The fraction of sp³-hybridized carbons (Fsp3) is 0.333. The second kappa shape index (κ2) is 7.68. The topological polar surface area (TPSA) is 62.2 Å². The molecule has 1 amide bonds. The van der Waals surface area contributed by atoms with Gasteiger partial charge in [-0.15, -0.1) is 0 Å². The molecule has 0 saturated carbocycles. The average Bonchev–Trinajstić information content (AvgIpc) is 3.27. The first-order chi connectivity index (χ1) is 11.8. The summed E-state index contributed by atoms with van der Waals surface area (Å²) in [4.78, 5) is 13.8. The van der Waals surface area contributed by atoms with E-state index in [4.69, 9.17) is 0 Å². The number of hydrogen-bond acceptors (Lipinski definition) is 4. The van der Waals surface area contributed by atoms with Gasteiger partial charge >= 0.3 is 0 Å². The summed E-state index contributed by atoms with van der Waals surface area (Å²) in [5.41, 5.74) is 3.31. The Morgan fingerprint density at radius 1 is 1.33 bits per heavy atom. The number of amides is 1. The highest BCUT2D eigenvalue weighted by molar-refractivity contribution is 5.75. The maximum Gasteiger partial charge on any atom is 0.219 e. The Balaban J connectivity index is 1.65. The number of aromatic nitrogens is 2. The van der Waals surface area contributed by atoms with E-state index in [0.29, 0.717) is 13.0 Å². The van der Waals surface area contributed by atoms with E-state index in [1.54, 1.807) is 6.20 Å². The van der Waals surface area contributed by atoms with Crippen molar-refractivity contribution in [2.45, 2.75) is 26.2 Å². The Labute approximate surface area is 142 Å². The molecule has 126 valence electrons. The minimum atomic E-state index is 0.122. The third-order valence-electron chi connectivity index (χ3n) is 3.96. The number of hydrogen-bond donors (Lipinski definition) is 2. The van der Waals surface area contributed by atoms with Gasteiger partial charge in [0, 0.05) is 49.4 Å². The lowest BCUT2D eigenvalue weighted by Crippen LogP contribution is -2.28. The second-order valence-electron chi connectivity index (χ2n) is 5.75. The van der Waals surface area contributed by atoms with Gasteiger partial charge in [-0.3, -0.25) is 4.79 Å². The van der Waals surface area contributed by atoms with E-state index >= 15 is 0 Å². The van der Waals surface area contributed by atoms with Gasteiger partial charge in [0.2, 0.25) is 5.91 Å². The molecule has 1 aromatic carbocycles. The Bertz CT molecular complexity index is 708. The van der Waals surface area contributed by atoms with Crippen LogP contribution in [0.1, 0.15) is 26.2 Å². The quantitative estimate of drug-likeness (QED) is 0.820. The van der Waals surface area contributed by atoms with Crippen molar-refractivity contribution >= 4 is 11.6 Å². The molecule has 0 spiro atoms. The first-order valence-electron chi connectivity index (χ1n) is 8.34. The monoisotopic (exact) mass is 325 g/mol. The highest BCUT2D eigenvalue weighted by Gasteiger charge is 2.17. The van der Waals surface area contributed by atoms with Gasteiger partial charge in [0.25, 0.3) is 0 Å². The molecule has 24 heavy (non-hydrogen) atoms. The number of carbonyl (C=O) groups excluding carboxylic acids is 1. The smallest absolute Gasteiger partial charge is 0.219 e. The summed E-state index contributed by atoms with van der Waals surface area (Å²) >= 11 is 0. The molecule has 0 aliphatic carbocycles. The summed E-state index contributed by atoms with van der Waals surface area (Å²) < 4.78 is 1.85. The fourth-order valence-corrected chi connectivity index (χ4v) is 2.77. The van der Waals surface area contributed by atoms with Crippen LogP contribution in [0.15, 0.2) is 54.6 Å². The lowest BCUT2D eigenvalue weighted by Gasteiger charge is -2.22.